The summed E-state index contributed by atoms with van der Waals surface area (Å²) in [5.74, 6) is 1.41. The van der Waals surface area contributed by atoms with Crippen molar-refractivity contribution in [1.82, 2.24) is 0 Å². The Hall–Kier alpha value is -3.02. The number of rotatable bonds is 8. The summed E-state index contributed by atoms with van der Waals surface area (Å²) in [5.41, 5.74) is 0.862. The van der Waals surface area contributed by atoms with Gasteiger partial charge >= 0.3 is 0 Å². The van der Waals surface area contributed by atoms with Gasteiger partial charge in [-0.15, -0.1) is 0 Å². The van der Waals surface area contributed by atoms with Crippen molar-refractivity contribution in [2.24, 2.45) is 0 Å². The van der Waals surface area contributed by atoms with Crippen molar-refractivity contribution < 1.29 is 23.8 Å². The van der Waals surface area contributed by atoms with Gasteiger partial charge in [-0.3, -0.25) is 9.59 Å². The zero-order chi connectivity index (χ0) is 17.4. The second kappa shape index (κ2) is 8.57. The number of hydrogen-bond donors (Lipinski definition) is 1. The number of benzene rings is 2. The van der Waals surface area contributed by atoms with E-state index in [0.29, 0.717) is 35.6 Å². The summed E-state index contributed by atoms with van der Waals surface area (Å²) in [6, 6.07) is 11.8. The molecule has 0 spiro atoms. The molecule has 0 atom stereocenters. The first-order valence-electron chi connectivity index (χ1n) is 7.45. The van der Waals surface area contributed by atoms with Gasteiger partial charge in [0.1, 0.15) is 23.5 Å². The smallest absolute Gasteiger partial charge is 0.262 e. The molecule has 2 aromatic carbocycles. The Balaban J connectivity index is 1.94. The standard InChI is InChI=1S/C18H19NO5/c1-3-23-14-5-7-15(8-6-14)24-12-18(21)19-16-10-13(11-20)4-9-17(16)22-2/h4-11H,3,12H2,1-2H3,(H,19,21). The average molecular weight is 329 g/mol. The minimum absolute atomic E-state index is 0.164. The zero-order valence-corrected chi connectivity index (χ0v) is 13.6. The number of hydrogen-bond acceptors (Lipinski definition) is 5. The van der Waals surface area contributed by atoms with E-state index in [1.165, 1.54) is 7.11 Å². The zero-order valence-electron chi connectivity index (χ0n) is 13.6. The maximum atomic E-state index is 12.0. The topological polar surface area (TPSA) is 73.9 Å². The molecule has 0 radical (unpaired) electrons. The maximum Gasteiger partial charge on any atom is 0.262 e. The molecular weight excluding hydrogens is 310 g/mol. The number of carbonyl (C=O) groups excluding carboxylic acids is 2. The van der Waals surface area contributed by atoms with Crippen LogP contribution in [0.15, 0.2) is 42.5 Å². The SMILES string of the molecule is CCOc1ccc(OCC(=O)Nc2cc(C=O)ccc2OC)cc1. The first-order chi connectivity index (χ1) is 11.7. The summed E-state index contributed by atoms with van der Waals surface area (Å²) in [4.78, 5) is 22.9. The van der Waals surface area contributed by atoms with Crippen LogP contribution in [-0.2, 0) is 4.79 Å². The minimum atomic E-state index is -0.356. The molecule has 1 N–H and O–H groups in total. The lowest BCUT2D eigenvalue weighted by Gasteiger charge is -2.11. The Morgan fingerprint density at radius 2 is 1.75 bits per heavy atom. The van der Waals surface area contributed by atoms with E-state index in [2.05, 4.69) is 5.32 Å². The molecule has 1 amide bonds. The molecule has 0 aliphatic carbocycles. The molecule has 2 aromatic rings. The van der Waals surface area contributed by atoms with E-state index >= 15 is 0 Å². The minimum Gasteiger partial charge on any atom is -0.495 e. The fourth-order valence-electron chi connectivity index (χ4n) is 2.03. The van der Waals surface area contributed by atoms with Crippen molar-refractivity contribution in [3.63, 3.8) is 0 Å². The van der Waals surface area contributed by atoms with Gasteiger partial charge in [-0.1, -0.05) is 0 Å². The molecule has 2 rings (SSSR count). The maximum absolute atomic E-state index is 12.0. The van der Waals surface area contributed by atoms with E-state index in [1.54, 1.807) is 42.5 Å². The Morgan fingerprint density at radius 3 is 2.33 bits per heavy atom. The highest BCUT2D eigenvalue weighted by Crippen LogP contribution is 2.25. The molecule has 126 valence electrons. The molecule has 0 saturated carbocycles. The van der Waals surface area contributed by atoms with Crippen LogP contribution in [0, 0.1) is 0 Å². The van der Waals surface area contributed by atoms with Crippen LogP contribution in [0.25, 0.3) is 0 Å². The predicted octanol–water partition coefficient (Wildman–Crippen LogP) is 2.92. The quantitative estimate of drug-likeness (QED) is 0.754. The lowest BCUT2D eigenvalue weighted by molar-refractivity contribution is -0.118. The van der Waals surface area contributed by atoms with Crippen molar-refractivity contribution in [1.29, 1.82) is 0 Å². The van der Waals surface area contributed by atoms with E-state index in [1.807, 2.05) is 6.92 Å². The highest BCUT2D eigenvalue weighted by Gasteiger charge is 2.09. The summed E-state index contributed by atoms with van der Waals surface area (Å²) < 4.78 is 15.9. The average Bonchev–Trinajstić information content (AvgIpc) is 2.61. The van der Waals surface area contributed by atoms with E-state index in [0.717, 1.165) is 5.75 Å². The molecule has 0 aliphatic rings. The predicted molar refractivity (Wildman–Crippen MR) is 90.1 cm³/mol. The van der Waals surface area contributed by atoms with E-state index in [4.69, 9.17) is 14.2 Å². The van der Waals surface area contributed by atoms with Gasteiger partial charge in [-0.25, -0.2) is 0 Å². The van der Waals surface area contributed by atoms with Gasteiger partial charge in [0.25, 0.3) is 5.91 Å². The van der Waals surface area contributed by atoms with Crippen LogP contribution >= 0.6 is 0 Å². The summed E-state index contributed by atoms with van der Waals surface area (Å²) in [6.45, 7) is 2.33. The van der Waals surface area contributed by atoms with Crippen molar-refractivity contribution in [3.05, 3.63) is 48.0 Å². The van der Waals surface area contributed by atoms with Gasteiger partial charge in [-0.2, -0.15) is 0 Å². The van der Waals surface area contributed by atoms with Gasteiger partial charge < -0.3 is 19.5 Å². The van der Waals surface area contributed by atoms with Crippen LogP contribution in [0.3, 0.4) is 0 Å². The molecule has 0 heterocycles. The monoisotopic (exact) mass is 329 g/mol. The number of methoxy groups -OCH3 is 1. The molecule has 0 fully saturated rings. The van der Waals surface area contributed by atoms with Crippen LogP contribution in [0.2, 0.25) is 0 Å². The third-order valence-electron chi connectivity index (χ3n) is 3.14. The van der Waals surface area contributed by atoms with Gasteiger partial charge in [0.05, 0.1) is 19.4 Å². The lowest BCUT2D eigenvalue weighted by Crippen LogP contribution is -2.20. The number of amides is 1. The van der Waals surface area contributed by atoms with E-state index < -0.39 is 0 Å². The Bertz CT molecular complexity index is 697. The fraction of sp³-hybridized carbons (Fsp3) is 0.222. The second-order valence-electron chi connectivity index (χ2n) is 4.82. The first-order valence-corrected chi connectivity index (χ1v) is 7.45. The second-order valence-corrected chi connectivity index (χ2v) is 4.82. The van der Waals surface area contributed by atoms with Gasteiger partial charge in [0, 0.05) is 5.56 Å². The molecule has 0 saturated heterocycles. The highest BCUT2D eigenvalue weighted by atomic mass is 16.5. The molecule has 0 unspecified atom stereocenters. The fourth-order valence-corrected chi connectivity index (χ4v) is 2.03. The third-order valence-corrected chi connectivity index (χ3v) is 3.14. The van der Waals surface area contributed by atoms with Crippen LogP contribution in [0.4, 0.5) is 5.69 Å². The molecule has 0 bridgehead atoms. The van der Waals surface area contributed by atoms with Crippen molar-refractivity contribution in [3.8, 4) is 17.2 Å². The Labute approximate surface area is 140 Å². The first kappa shape index (κ1) is 17.3. The van der Waals surface area contributed by atoms with Crippen LogP contribution < -0.4 is 19.5 Å². The van der Waals surface area contributed by atoms with Gasteiger partial charge in [0.15, 0.2) is 6.61 Å². The lowest BCUT2D eigenvalue weighted by atomic mass is 10.2. The van der Waals surface area contributed by atoms with Crippen LogP contribution in [-0.4, -0.2) is 32.5 Å². The van der Waals surface area contributed by atoms with Crippen LogP contribution in [0.1, 0.15) is 17.3 Å². The highest BCUT2D eigenvalue weighted by molar-refractivity contribution is 5.94. The Kier molecular flexibility index (Phi) is 6.19. The molecule has 0 aliphatic heterocycles. The van der Waals surface area contributed by atoms with Crippen molar-refractivity contribution in [2.75, 3.05) is 25.6 Å². The number of carbonyl (C=O) groups is 2. The Morgan fingerprint density at radius 1 is 1.08 bits per heavy atom. The van der Waals surface area contributed by atoms with Gasteiger partial charge in [-0.05, 0) is 49.4 Å². The van der Waals surface area contributed by atoms with E-state index in [-0.39, 0.29) is 12.5 Å². The number of ether oxygens (including phenoxy) is 3. The molecule has 6 nitrogen and oxygen atoms in total. The summed E-state index contributed by atoms with van der Waals surface area (Å²) >= 11 is 0. The number of aldehydes is 1. The third kappa shape index (κ3) is 4.74. The van der Waals surface area contributed by atoms with Crippen molar-refractivity contribution in [2.45, 2.75) is 6.92 Å². The largest absolute Gasteiger partial charge is 0.495 e. The summed E-state index contributed by atoms with van der Waals surface area (Å²) in [7, 11) is 1.49. The van der Waals surface area contributed by atoms with Crippen molar-refractivity contribution >= 4 is 17.9 Å². The summed E-state index contributed by atoms with van der Waals surface area (Å²) in [5, 5.41) is 2.67. The van der Waals surface area contributed by atoms with Gasteiger partial charge in [0.2, 0.25) is 0 Å². The molecule has 24 heavy (non-hydrogen) atoms. The number of anilines is 1. The molecule has 0 aromatic heterocycles. The van der Waals surface area contributed by atoms with E-state index in [9.17, 15) is 9.59 Å². The normalized spacial score (nSPS) is 9.92. The van der Waals surface area contributed by atoms with Crippen LogP contribution in [0.5, 0.6) is 17.2 Å². The molecule has 6 heteroatoms. The number of nitrogens with one attached hydrogen (secondary N) is 1. The molecular formula is C18H19NO5. The summed E-state index contributed by atoms with van der Waals surface area (Å²) in [6.07, 6.45) is 0.700.